The van der Waals surface area contributed by atoms with Gasteiger partial charge in [-0.1, -0.05) is 26.8 Å². The van der Waals surface area contributed by atoms with E-state index in [-0.39, 0.29) is 17.6 Å². The minimum Gasteiger partial charge on any atom is -0.508 e. The van der Waals surface area contributed by atoms with Crippen LogP contribution in [0.5, 0.6) is 5.75 Å². The van der Waals surface area contributed by atoms with Gasteiger partial charge in [-0.3, -0.25) is 4.79 Å². The van der Waals surface area contributed by atoms with Gasteiger partial charge in [0.1, 0.15) is 11.8 Å². The van der Waals surface area contributed by atoms with Crippen molar-refractivity contribution in [1.82, 2.24) is 0 Å². The molecule has 0 radical (unpaired) electrons. The van der Waals surface area contributed by atoms with E-state index in [1.54, 1.807) is 12.1 Å². The molecule has 1 aromatic rings. The van der Waals surface area contributed by atoms with Crippen molar-refractivity contribution in [3.8, 4) is 5.75 Å². The maximum absolute atomic E-state index is 10.8. The minimum atomic E-state index is -1.01. The second kappa shape index (κ2) is 4.98. The summed E-state index contributed by atoms with van der Waals surface area (Å²) in [5, 5.41) is 18.8. The summed E-state index contributed by atoms with van der Waals surface area (Å²) < 4.78 is 0. The first-order chi connectivity index (χ1) is 8.14. The quantitative estimate of drug-likeness (QED) is 0.766. The highest BCUT2D eigenvalue weighted by Crippen LogP contribution is 2.35. The molecule has 1 unspecified atom stereocenters. The summed E-state index contributed by atoms with van der Waals surface area (Å²) in [5.74, 6) is -0.771. The number of aliphatic carboxylic acids is 1. The fraction of sp³-hybridized carbons (Fsp3) is 0.500. The predicted molar refractivity (Wildman–Crippen MR) is 70.9 cm³/mol. The number of carbonyl (C=O) groups is 1. The molecule has 100 valence electrons. The van der Waals surface area contributed by atoms with E-state index in [1.807, 2.05) is 27.7 Å². The molecule has 0 heterocycles. The van der Waals surface area contributed by atoms with E-state index in [1.165, 1.54) is 0 Å². The third kappa shape index (κ3) is 3.01. The van der Waals surface area contributed by atoms with Gasteiger partial charge in [0.25, 0.3) is 0 Å². The Morgan fingerprint density at radius 1 is 1.39 bits per heavy atom. The molecule has 0 aliphatic heterocycles. The zero-order valence-electron chi connectivity index (χ0n) is 11.3. The van der Waals surface area contributed by atoms with Gasteiger partial charge in [0.05, 0.1) is 0 Å². The van der Waals surface area contributed by atoms with Crippen LogP contribution in [0.2, 0.25) is 0 Å². The number of carboxylic acid groups (broad SMARTS) is 1. The number of nitrogens with two attached hydrogens (primary N) is 1. The second-order valence-electron chi connectivity index (χ2n) is 5.64. The summed E-state index contributed by atoms with van der Waals surface area (Å²) in [6, 6.07) is 2.43. The number of phenols is 1. The smallest absolute Gasteiger partial charge is 0.320 e. The molecule has 0 aliphatic carbocycles. The van der Waals surface area contributed by atoms with Gasteiger partial charge in [0.15, 0.2) is 0 Å². The molecule has 4 nitrogen and oxygen atoms in total. The number of rotatable bonds is 3. The Hall–Kier alpha value is -1.55. The topological polar surface area (TPSA) is 83.6 Å². The molecule has 0 amide bonds. The molecule has 0 spiro atoms. The lowest BCUT2D eigenvalue weighted by Crippen LogP contribution is -2.32. The molecule has 1 rings (SSSR count). The first kappa shape index (κ1) is 14.5. The number of aromatic hydroxyl groups is 1. The molecule has 0 saturated heterocycles. The molecule has 1 atom stereocenters. The van der Waals surface area contributed by atoms with Crippen LogP contribution in [0.4, 0.5) is 0 Å². The molecule has 0 aromatic heterocycles. The Morgan fingerprint density at radius 3 is 2.39 bits per heavy atom. The molecular weight excluding hydrogens is 230 g/mol. The van der Waals surface area contributed by atoms with E-state index in [4.69, 9.17) is 10.8 Å². The monoisotopic (exact) mass is 251 g/mol. The van der Waals surface area contributed by atoms with Crippen molar-refractivity contribution in [2.24, 2.45) is 5.73 Å². The number of hydrogen-bond acceptors (Lipinski definition) is 3. The summed E-state index contributed by atoms with van der Waals surface area (Å²) in [6.07, 6.45) is 0.268. The summed E-state index contributed by atoms with van der Waals surface area (Å²) in [6.45, 7) is 7.92. The van der Waals surface area contributed by atoms with Crippen LogP contribution in [-0.2, 0) is 16.6 Å². The van der Waals surface area contributed by atoms with E-state index in [9.17, 15) is 9.90 Å². The van der Waals surface area contributed by atoms with E-state index in [2.05, 4.69) is 0 Å². The lowest BCUT2D eigenvalue weighted by Gasteiger charge is -2.25. The highest BCUT2D eigenvalue weighted by molar-refractivity contribution is 5.73. The van der Waals surface area contributed by atoms with Gasteiger partial charge >= 0.3 is 5.97 Å². The van der Waals surface area contributed by atoms with Gasteiger partial charge in [-0.25, -0.2) is 0 Å². The SMILES string of the molecule is Cc1c(CC(N)C(=O)O)ccc(O)c1C(C)(C)C. The van der Waals surface area contributed by atoms with Crippen molar-refractivity contribution in [3.63, 3.8) is 0 Å². The second-order valence-corrected chi connectivity index (χ2v) is 5.64. The van der Waals surface area contributed by atoms with Crippen molar-refractivity contribution in [3.05, 3.63) is 28.8 Å². The van der Waals surface area contributed by atoms with Crippen LogP contribution in [0.25, 0.3) is 0 Å². The summed E-state index contributed by atoms with van der Waals surface area (Å²) in [7, 11) is 0. The highest BCUT2D eigenvalue weighted by atomic mass is 16.4. The first-order valence-corrected chi connectivity index (χ1v) is 5.95. The number of benzene rings is 1. The van der Waals surface area contributed by atoms with Crippen molar-refractivity contribution in [1.29, 1.82) is 0 Å². The van der Waals surface area contributed by atoms with Crippen molar-refractivity contribution in [2.75, 3.05) is 0 Å². The van der Waals surface area contributed by atoms with E-state index < -0.39 is 12.0 Å². The predicted octanol–water partition coefficient (Wildman–Crippen LogP) is 1.95. The van der Waals surface area contributed by atoms with E-state index in [0.29, 0.717) is 0 Å². The van der Waals surface area contributed by atoms with Crippen molar-refractivity contribution in [2.45, 2.75) is 45.6 Å². The van der Waals surface area contributed by atoms with E-state index >= 15 is 0 Å². The Labute approximate surface area is 107 Å². The van der Waals surface area contributed by atoms with Crippen LogP contribution in [-0.4, -0.2) is 22.2 Å². The average Bonchev–Trinajstić information content (AvgIpc) is 2.20. The molecule has 18 heavy (non-hydrogen) atoms. The Bertz CT molecular complexity index is 461. The average molecular weight is 251 g/mol. The molecular formula is C14H21NO3. The third-order valence-corrected chi connectivity index (χ3v) is 3.06. The van der Waals surface area contributed by atoms with Crippen LogP contribution < -0.4 is 5.73 Å². The van der Waals surface area contributed by atoms with Crippen LogP contribution in [0, 0.1) is 6.92 Å². The van der Waals surface area contributed by atoms with E-state index in [0.717, 1.165) is 16.7 Å². The molecule has 4 heteroatoms. The maximum atomic E-state index is 10.8. The number of carboxylic acids is 1. The minimum absolute atomic E-state index is 0.197. The van der Waals surface area contributed by atoms with Crippen LogP contribution >= 0.6 is 0 Å². The maximum Gasteiger partial charge on any atom is 0.320 e. The van der Waals surface area contributed by atoms with Crippen molar-refractivity contribution >= 4 is 5.97 Å². The number of phenolic OH excluding ortho intramolecular Hbond substituents is 1. The van der Waals surface area contributed by atoms with Gasteiger partial charge in [-0.05, 0) is 36.0 Å². The van der Waals surface area contributed by atoms with Gasteiger partial charge in [0, 0.05) is 5.56 Å². The normalized spacial score (nSPS) is 13.4. The Morgan fingerprint density at radius 2 is 1.94 bits per heavy atom. The third-order valence-electron chi connectivity index (χ3n) is 3.06. The zero-order valence-corrected chi connectivity index (χ0v) is 11.3. The largest absolute Gasteiger partial charge is 0.508 e. The molecule has 0 bridgehead atoms. The Balaban J connectivity index is 3.21. The summed E-state index contributed by atoms with van der Waals surface area (Å²) in [4.78, 5) is 10.8. The number of hydrogen-bond donors (Lipinski definition) is 3. The van der Waals surface area contributed by atoms with Crippen LogP contribution in [0.15, 0.2) is 12.1 Å². The van der Waals surface area contributed by atoms with Gasteiger partial charge in [-0.15, -0.1) is 0 Å². The Kier molecular flexibility index (Phi) is 4.02. The molecule has 0 aliphatic rings. The fourth-order valence-electron chi connectivity index (χ4n) is 2.23. The lowest BCUT2D eigenvalue weighted by atomic mass is 9.81. The zero-order chi connectivity index (χ0) is 14.1. The summed E-state index contributed by atoms with van der Waals surface area (Å²) >= 11 is 0. The highest BCUT2D eigenvalue weighted by Gasteiger charge is 2.23. The molecule has 1 aromatic carbocycles. The van der Waals surface area contributed by atoms with Crippen molar-refractivity contribution < 1.29 is 15.0 Å². The standard InChI is InChI=1S/C14H21NO3/c1-8-9(7-10(15)13(17)18)5-6-11(16)12(8)14(2,3)4/h5-6,10,16H,7,15H2,1-4H3,(H,17,18). The fourth-order valence-corrected chi connectivity index (χ4v) is 2.23. The molecule has 0 saturated carbocycles. The lowest BCUT2D eigenvalue weighted by molar-refractivity contribution is -0.138. The van der Waals surface area contributed by atoms with Crippen LogP contribution in [0.3, 0.4) is 0 Å². The summed E-state index contributed by atoms with van der Waals surface area (Å²) in [5.41, 5.74) is 7.98. The van der Waals surface area contributed by atoms with Gasteiger partial charge < -0.3 is 15.9 Å². The van der Waals surface area contributed by atoms with Crippen LogP contribution in [0.1, 0.15) is 37.5 Å². The van der Waals surface area contributed by atoms with Gasteiger partial charge in [0.2, 0.25) is 0 Å². The first-order valence-electron chi connectivity index (χ1n) is 5.95. The van der Waals surface area contributed by atoms with Gasteiger partial charge in [-0.2, -0.15) is 0 Å². The molecule has 4 N–H and O–H groups in total. The molecule has 0 fully saturated rings.